The van der Waals surface area contributed by atoms with Crippen molar-refractivity contribution in [3.05, 3.63) is 41.5 Å². The van der Waals surface area contributed by atoms with Crippen molar-refractivity contribution in [2.45, 2.75) is 88.0 Å². The van der Waals surface area contributed by atoms with Gasteiger partial charge in [-0.1, -0.05) is 43.9 Å². The molecule has 1 aliphatic heterocycles. The van der Waals surface area contributed by atoms with Crippen LogP contribution in [0.15, 0.2) is 35.9 Å². The van der Waals surface area contributed by atoms with Gasteiger partial charge in [0.1, 0.15) is 18.0 Å². The Morgan fingerprint density at radius 1 is 1.06 bits per heavy atom. The maximum Gasteiger partial charge on any atom is 0.247 e. The summed E-state index contributed by atoms with van der Waals surface area (Å²) in [5, 5.41) is 23.6. The second kappa shape index (κ2) is 10.1. The zero-order valence-electron chi connectivity index (χ0n) is 19.7. The molecular formula is C27H36N2O5. The Balaban J connectivity index is 1.51. The SMILES string of the molecule is O=C(NCCO)C1=C[C@@H](N(C(=O)CC2CCCC2)C2CCCC2)[C@H](O)[C@H]2Oc3ccccc3[C@@H]12. The number of para-hydroxylation sites is 1. The molecule has 2 fully saturated rings. The molecule has 184 valence electrons. The minimum absolute atomic E-state index is 0.0758. The van der Waals surface area contributed by atoms with Crippen LogP contribution in [0.5, 0.6) is 5.75 Å². The fourth-order valence-corrected chi connectivity index (χ4v) is 6.52. The van der Waals surface area contributed by atoms with Crippen molar-refractivity contribution in [1.82, 2.24) is 10.2 Å². The molecule has 2 saturated carbocycles. The van der Waals surface area contributed by atoms with Gasteiger partial charge in [-0.05, 0) is 43.7 Å². The highest BCUT2D eigenvalue weighted by Crippen LogP contribution is 2.47. The molecule has 0 aromatic heterocycles. The number of carbonyl (C=O) groups excluding carboxylic acids is 2. The number of carbonyl (C=O) groups is 2. The molecule has 3 N–H and O–H groups in total. The van der Waals surface area contributed by atoms with Gasteiger partial charge >= 0.3 is 0 Å². The molecule has 0 radical (unpaired) electrons. The molecule has 4 atom stereocenters. The van der Waals surface area contributed by atoms with Crippen LogP contribution in [-0.4, -0.2) is 64.4 Å². The number of fused-ring (bicyclic) bond motifs is 3. The largest absolute Gasteiger partial charge is 0.486 e. The second-order valence-corrected chi connectivity index (χ2v) is 10.3. The molecule has 1 heterocycles. The van der Waals surface area contributed by atoms with E-state index in [4.69, 9.17) is 4.74 Å². The van der Waals surface area contributed by atoms with E-state index in [1.54, 1.807) is 0 Å². The lowest BCUT2D eigenvalue weighted by atomic mass is 9.77. The summed E-state index contributed by atoms with van der Waals surface area (Å²) in [5.74, 6) is 0.478. The topological polar surface area (TPSA) is 99.1 Å². The number of nitrogens with one attached hydrogen (secondary N) is 1. The van der Waals surface area contributed by atoms with E-state index < -0.39 is 24.2 Å². The third-order valence-electron chi connectivity index (χ3n) is 8.14. The predicted molar refractivity (Wildman–Crippen MR) is 127 cm³/mol. The van der Waals surface area contributed by atoms with Gasteiger partial charge in [-0.2, -0.15) is 0 Å². The summed E-state index contributed by atoms with van der Waals surface area (Å²) in [6.07, 6.45) is 9.29. The number of aliphatic hydroxyl groups excluding tert-OH is 2. The third-order valence-corrected chi connectivity index (χ3v) is 8.14. The van der Waals surface area contributed by atoms with Gasteiger partial charge in [0.25, 0.3) is 0 Å². The number of amides is 2. The highest BCUT2D eigenvalue weighted by atomic mass is 16.5. The number of ether oxygens (including phenoxy) is 1. The van der Waals surface area contributed by atoms with Crippen molar-refractivity contribution < 1.29 is 24.5 Å². The molecule has 34 heavy (non-hydrogen) atoms. The quantitative estimate of drug-likeness (QED) is 0.572. The number of hydrogen-bond donors (Lipinski definition) is 3. The van der Waals surface area contributed by atoms with E-state index in [1.165, 1.54) is 12.8 Å². The molecule has 4 aliphatic rings. The molecule has 1 aromatic carbocycles. The van der Waals surface area contributed by atoms with Crippen molar-refractivity contribution in [1.29, 1.82) is 0 Å². The number of nitrogens with zero attached hydrogens (tertiary/aromatic N) is 1. The zero-order valence-corrected chi connectivity index (χ0v) is 19.7. The van der Waals surface area contributed by atoms with E-state index in [9.17, 15) is 19.8 Å². The van der Waals surface area contributed by atoms with Crippen LogP contribution in [0.3, 0.4) is 0 Å². The summed E-state index contributed by atoms with van der Waals surface area (Å²) >= 11 is 0. The summed E-state index contributed by atoms with van der Waals surface area (Å²) < 4.78 is 6.21. The Kier molecular flexibility index (Phi) is 6.93. The first-order valence-electron chi connectivity index (χ1n) is 12.9. The summed E-state index contributed by atoms with van der Waals surface area (Å²) in [6, 6.07) is 7.04. The predicted octanol–water partition coefficient (Wildman–Crippen LogP) is 2.66. The first-order chi connectivity index (χ1) is 16.6. The molecule has 0 bridgehead atoms. The molecule has 2 amide bonds. The molecular weight excluding hydrogens is 432 g/mol. The van der Waals surface area contributed by atoms with E-state index in [0.29, 0.717) is 23.7 Å². The normalized spacial score (nSPS) is 28.7. The van der Waals surface area contributed by atoms with Gasteiger partial charge in [-0.3, -0.25) is 9.59 Å². The van der Waals surface area contributed by atoms with Crippen LogP contribution in [0.4, 0.5) is 0 Å². The lowest BCUT2D eigenvalue weighted by Gasteiger charge is -2.43. The Hall–Kier alpha value is -2.38. The lowest BCUT2D eigenvalue weighted by molar-refractivity contribution is -0.141. The first kappa shape index (κ1) is 23.4. The Morgan fingerprint density at radius 2 is 1.76 bits per heavy atom. The van der Waals surface area contributed by atoms with Crippen LogP contribution in [0.25, 0.3) is 0 Å². The van der Waals surface area contributed by atoms with Crippen molar-refractivity contribution >= 4 is 11.8 Å². The van der Waals surface area contributed by atoms with E-state index in [1.807, 2.05) is 35.2 Å². The van der Waals surface area contributed by atoms with Crippen LogP contribution >= 0.6 is 0 Å². The highest BCUT2D eigenvalue weighted by Gasteiger charge is 2.51. The Bertz CT molecular complexity index is 935. The minimum atomic E-state index is -0.931. The van der Waals surface area contributed by atoms with Crippen molar-refractivity contribution in [2.75, 3.05) is 13.2 Å². The maximum absolute atomic E-state index is 13.7. The standard InChI is InChI=1S/C27H36N2O5/c30-14-13-28-27(33)20-16-21(25(32)26-24(20)19-11-5-6-12-22(19)34-26)29(18-9-3-4-10-18)23(31)15-17-7-1-2-8-17/h5-6,11-12,16-18,21,24-26,30,32H,1-4,7-10,13-15H2,(H,28,33)/t21-,24+,25+,26+/m1/s1. The molecule has 0 saturated heterocycles. The highest BCUT2D eigenvalue weighted by molar-refractivity contribution is 5.96. The van der Waals surface area contributed by atoms with Crippen LogP contribution < -0.4 is 10.1 Å². The smallest absolute Gasteiger partial charge is 0.247 e. The van der Waals surface area contributed by atoms with Gasteiger partial charge in [0.05, 0.1) is 18.6 Å². The van der Waals surface area contributed by atoms with Gasteiger partial charge in [-0.25, -0.2) is 0 Å². The summed E-state index contributed by atoms with van der Waals surface area (Å²) in [5.41, 5.74) is 1.38. The fourth-order valence-electron chi connectivity index (χ4n) is 6.52. The summed E-state index contributed by atoms with van der Waals surface area (Å²) in [7, 11) is 0. The molecule has 7 heteroatoms. The van der Waals surface area contributed by atoms with Gasteiger partial charge in [0, 0.05) is 30.1 Å². The Morgan fingerprint density at radius 3 is 2.50 bits per heavy atom. The summed E-state index contributed by atoms with van der Waals surface area (Å²) in [6.45, 7) is -0.00341. The molecule has 0 unspecified atom stereocenters. The maximum atomic E-state index is 13.7. The average molecular weight is 469 g/mol. The van der Waals surface area contributed by atoms with Gasteiger partial charge in [0.15, 0.2) is 0 Å². The Labute approximate surface area is 201 Å². The minimum Gasteiger partial charge on any atom is -0.486 e. The van der Waals surface area contributed by atoms with Crippen molar-refractivity contribution in [3.8, 4) is 5.75 Å². The molecule has 5 rings (SSSR count). The van der Waals surface area contributed by atoms with Crippen LogP contribution in [0.2, 0.25) is 0 Å². The average Bonchev–Trinajstić information content (AvgIpc) is 3.61. The number of aliphatic hydroxyl groups is 2. The zero-order chi connectivity index (χ0) is 23.7. The van der Waals surface area contributed by atoms with Crippen LogP contribution in [-0.2, 0) is 9.59 Å². The molecule has 7 nitrogen and oxygen atoms in total. The molecule has 0 spiro atoms. The van der Waals surface area contributed by atoms with Crippen LogP contribution in [0.1, 0.15) is 69.3 Å². The monoisotopic (exact) mass is 468 g/mol. The number of hydrogen-bond acceptors (Lipinski definition) is 5. The van der Waals surface area contributed by atoms with Crippen molar-refractivity contribution in [2.24, 2.45) is 5.92 Å². The van der Waals surface area contributed by atoms with Gasteiger partial charge in [-0.15, -0.1) is 0 Å². The number of benzene rings is 1. The third kappa shape index (κ3) is 4.36. The first-order valence-corrected chi connectivity index (χ1v) is 12.9. The van der Waals surface area contributed by atoms with Crippen molar-refractivity contribution in [3.63, 3.8) is 0 Å². The van der Waals surface area contributed by atoms with E-state index in [2.05, 4.69) is 5.32 Å². The van der Waals surface area contributed by atoms with E-state index in [0.717, 1.165) is 44.1 Å². The fraction of sp³-hybridized carbons (Fsp3) is 0.630. The van der Waals surface area contributed by atoms with E-state index in [-0.39, 0.29) is 31.0 Å². The van der Waals surface area contributed by atoms with Crippen LogP contribution in [0, 0.1) is 5.92 Å². The number of rotatable bonds is 7. The molecule has 1 aromatic rings. The van der Waals surface area contributed by atoms with Gasteiger partial charge in [0.2, 0.25) is 11.8 Å². The molecule has 3 aliphatic carbocycles. The lowest BCUT2D eigenvalue weighted by Crippen LogP contribution is -2.58. The van der Waals surface area contributed by atoms with Gasteiger partial charge < -0.3 is 25.2 Å². The second-order valence-electron chi connectivity index (χ2n) is 10.3. The summed E-state index contributed by atoms with van der Waals surface area (Å²) in [4.78, 5) is 28.8. The van der Waals surface area contributed by atoms with E-state index >= 15 is 0 Å².